The van der Waals surface area contributed by atoms with Crippen LogP contribution in [-0.4, -0.2) is 35.1 Å². The Morgan fingerprint density at radius 1 is 1.15 bits per heavy atom. The van der Waals surface area contributed by atoms with Crippen molar-refractivity contribution in [1.29, 1.82) is 0 Å². The zero-order valence-corrected chi connectivity index (χ0v) is 15.9. The molecule has 0 aliphatic carbocycles. The van der Waals surface area contributed by atoms with Gasteiger partial charge in [0.15, 0.2) is 11.4 Å². The summed E-state index contributed by atoms with van der Waals surface area (Å²) in [5.41, 5.74) is 1.93. The highest BCUT2D eigenvalue weighted by Gasteiger charge is 2.32. The van der Waals surface area contributed by atoms with Crippen molar-refractivity contribution in [2.75, 3.05) is 13.7 Å². The molecule has 0 amide bonds. The molecule has 0 bridgehead atoms. The average molecular weight is 369 g/mol. The lowest BCUT2D eigenvalue weighted by Gasteiger charge is -2.21. The molecule has 0 radical (unpaired) electrons. The van der Waals surface area contributed by atoms with E-state index in [-0.39, 0.29) is 0 Å². The van der Waals surface area contributed by atoms with Gasteiger partial charge in [-0.1, -0.05) is 55.4 Å². The van der Waals surface area contributed by atoms with Crippen LogP contribution in [0.2, 0.25) is 0 Å². The number of aliphatic imine (C=N–C) groups is 1. The highest BCUT2D eigenvalue weighted by Crippen LogP contribution is 2.37. The fraction of sp³-hybridized carbons (Fsp3) is 0.286. The van der Waals surface area contributed by atoms with E-state index < -0.39 is 6.23 Å². The molecule has 1 unspecified atom stereocenters. The first-order valence-electron chi connectivity index (χ1n) is 8.83. The predicted molar refractivity (Wildman–Crippen MR) is 110 cm³/mol. The molecule has 1 N–H and O–H groups in total. The molecule has 1 fully saturated rings. The quantitative estimate of drug-likeness (QED) is 0.788. The minimum atomic E-state index is -0.656. The first-order valence-corrected chi connectivity index (χ1v) is 9.65. The summed E-state index contributed by atoms with van der Waals surface area (Å²) in [7, 11) is 1.65. The molecule has 4 nitrogen and oxygen atoms in total. The molecular formula is C21H24N2O2S. The van der Waals surface area contributed by atoms with Crippen LogP contribution in [0.25, 0.3) is 6.08 Å². The maximum Gasteiger partial charge on any atom is 0.171 e. The van der Waals surface area contributed by atoms with E-state index in [1.165, 1.54) is 11.8 Å². The molecule has 0 aromatic heterocycles. The lowest BCUT2D eigenvalue weighted by Crippen LogP contribution is -2.33. The molecule has 2 aromatic rings. The van der Waals surface area contributed by atoms with Crippen LogP contribution in [0.5, 0.6) is 5.75 Å². The van der Waals surface area contributed by atoms with E-state index in [1.807, 2.05) is 65.6 Å². The number of aliphatic hydroxyl groups is 1. The predicted octanol–water partition coefficient (Wildman–Crippen LogP) is 4.89. The molecule has 136 valence electrons. The summed E-state index contributed by atoms with van der Waals surface area (Å²) < 4.78 is 5.20. The Hall–Kier alpha value is -2.24. The standard InChI is InChI=1S/C21H24N2O2S/c1-3-4-14-23-20(24)19(15-16-10-12-18(25-2)13-11-16)26-21(23)22-17-8-6-5-7-9-17/h5-13,15,20,24H,3-4,14H2,1-2H3/b19-15-,22-21?. The van der Waals surface area contributed by atoms with Crippen molar-refractivity contribution in [3.8, 4) is 5.75 Å². The number of nitrogens with zero attached hydrogens (tertiary/aromatic N) is 2. The van der Waals surface area contributed by atoms with E-state index >= 15 is 0 Å². The van der Waals surface area contributed by atoms with Crippen LogP contribution in [0.15, 0.2) is 64.5 Å². The minimum absolute atomic E-state index is 0.656. The molecule has 5 heteroatoms. The van der Waals surface area contributed by atoms with Gasteiger partial charge in [-0.25, -0.2) is 4.99 Å². The van der Waals surface area contributed by atoms with E-state index in [0.29, 0.717) is 0 Å². The number of benzene rings is 2. The Kier molecular flexibility index (Phi) is 6.36. The normalized spacial score (nSPS) is 20.1. The molecule has 3 rings (SSSR count). The number of amidine groups is 1. The van der Waals surface area contributed by atoms with E-state index in [2.05, 4.69) is 6.92 Å². The summed E-state index contributed by atoms with van der Waals surface area (Å²) in [5, 5.41) is 11.7. The summed E-state index contributed by atoms with van der Waals surface area (Å²) in [6.45, 7) is 2.94. The van der Waals surface area contributed by atoms with Gasteiger partial charge in [-0.3, -0.25) is 0 Å². The number of rotatable bonds is 6. The van der Waals surface area contributed by atoms with Gasteiger partial charge in [0.2, 0.25) is 0 Å². The Bertz CT molecular complexity index is 772. The number of unbranched alkanes of at least 4 members (excludes halogenated alkanes) is 1. The Balaban J connectivity index is 1.87. The second-order valence-electron chi connectivity index (χ2n) is 6.07. The first-order chi connectivity index (χ1) is 12.7. The van der Waals surface area contributed by atoms with Crippen LogP contribution in [0, 0.1) is 0 Å². The number of para-hydroxylation sites is 1. The highest BCUT2D eigenvalue weighted by atomic mass is 32.2. The van der Waals surface area contributed by atoms with E-state index in [9.17, 15) is 5.11 Å². The van der Waals surface area contributed by atoms with Crippen molar-refractivity contribution in [3.05, 3.63) is 65.1 Å². The highest BCUT2D eigenvalue weighted by molar-refractivity contribution is 8.17. The topological polar surface area (TPSA) is 45.1 Å². The smallest absolute Gasteiger partial charge is 0.171 e. The van der Waals surface area contributed by atoms with Crippen molar-refractivity contribution >= 4 is 28.7 Å². The zero-order chi connectivity index (χ0) is 18.4. The number of aliphatic hydroxyl groups excluding tert-OH is 1. The maximum atomic E-state index is 10.8. The van der Waals surface area contributed by atoms with Gasteiger partial charge >= 0.3 is 0 Å². The molecule has 2 aromatic carbocycles. The molecule has 1 saturated heterocycles. The van der Waals surface area contributed by atoms with Crippen molar-refractivity contribution in [3.63, 3.8) is 0 Å². The van der Waals surface area contributed by atoms with Gasteiger partial charge in [0.1, 0.15) is 5.75 Å². The van der Waals surface area contributed by atoms with E-state index in [1.54, 1.807) is 7.11 Å². The monoisotopic (exact) mass is 368 g/mol. The Morgan fingerprint density at radius 3 is 2.54 bits per heavy atom. The van der Waals surface area contributed by atoms with Crippen LogP contribution in [0.1, 0.15) is 25.3 Å². The maximum absolute atomic E-state index is 10.8. The van der Waals surface area contributed by atoms with E-state index in [4.69, 9.17) is 9.73 Å². The van der Waals surface area contributed by atoms with Crippen LogP contribution in [0.4, 0.5) is 5.69 Å². The Morgan fingerprint density at radius 2 is 1.88 bits per heavy atom. The molecule has 1 aliphatic heterocycles. The second-order valence-corrected chi connectivity index (χ2v) is 7.11. The van der Waals surface area contributed by atoms with Crippen LogP contribution >= 0.6 is 11.8 Å². The van der Waals surface area contributed by atoms with E-state index in [0.717, 1.165) is 46.5 Å². The molecule has 1 aliphatic rings. The summed E-state index contributed by atoms with van der Waals surface area (Å²) in [4.78, 5) is 7.62. The van der Waals surface area contributed by atoms with Crippen LogP contribution in [-0.2, 0) is 0 Å². The van der Waals surface area contributed by atoms with Gasteiger partial charge in [0, 0.05) is 11.4 Å². The molecule has 26 heavy (non-hydrogen) atoms. The summed E-state index contributed by atoms with van der Waals surface area (Å²) >= 11 is 1.53. The summed E-state index contributed by atoms with van der Waals surface area (Å²) in [6.07, 6.45) is 3.45. The van der Waals surface area contributed by atoms with Gasteiger partial charge in [0.05, 0.1) is 12.8 Å². The average Bonchev–Trinajstić information content (AvgIpc) is 2.96. The van der Waals surface area contributed by atoms with Crippen molar-refractivity contribution in [2.45, 2.75) is 26.0 Å². The fourth-order valence-electron chi connectivity index (χ4n) is 2.69. The first kappa shape index (κ1) is 18.5. The molecule has 0 saturated carbocycles. The molecule has 1 atom stereocenters. The minimum Gasteiger partial charge on any atom is -0.497 e. The number of ether oxygens (including phenoxy) is 1. The van der Waals surface area contributed by atoms with Crippen molar-refractivity contribution < 1.29 is 9.84 Å². The van der Waals surface area contributed by atoms with Crippen LogP contribution < -0.4 is 4.74 Å². The molecule has 0 spiro atoms. The second kappa shape index (κ2) is 8.92. The fourth-order valence-corrected chi connectivity index (χ4v) is 3.79. The third-order valence-electron chi connectivity index (χ3n) is 4.16. The SMILES string of the molecule is CCCCN1C(=Nc2ccccc2)S/C(=C\c2ccc(OC)cc2)C1O. The van der Waals surface area contributed by atoms with Gasteiger partial charge in [-0.2, -0.15) is 0 Å². The number of thioether (sulfide) groups is 1. The van der Waals surface area contributed by atoms with Gasteiger partial charge in [0.25, 0.3) is 0 Å². The molecular weight excluding hydrogens is 344 g/mol. The van der Waals surface area contributed by atoms with Gasteiger partial charge < -0.3 is 14.7 Å². The largest absolute Gasteiger partial charge is 0.497 e. The third kappa shape index (κ3) is 4.48. The summed E-state index contributed by atoms with van der Waals surface area (Å²) in [6, 6.07) is 17.7. The van der Waals surface area contributed by atoms with Gasteiger partial charge in [-0.15, -0.1) is 0 Å². The summed E-state index contributed by atoms with van der Waals surface area (Å²) in [5.74, 6) is 0.822. The Labute approximate surface area is 159 Å². The lowest BCUT2D eigenvalue weighted by molar-refractivity contribution is 0.0997. The third-order valence-corrected chi connectivity index (χ3v) is 5.24. The number of hydrogen-bond donors (Lipinski definition) is 1. The van der Waals surface area contributed by atoms with Crippen molar-refractivity contribution in [2.24, 2.45) is 4.99 Å². The van der Waals surface area contributed by atoms with Crippen LogP contribution in [0.3, 0.4) is 0 Å². The number of methoxy groups -OCH3 is 1. The molecule has 1 heterocycles. The van der Waals surface area contributed by atoms with Gasteiger partial charge in [-0.05, 0) is 42.3 Å². The lowest BCUT2D eigenvalue weighted by atomic mass is 10.2. The van der Waals surface area contributed by atoms with Crippen molar-refractivity contribution in [1.82, 2.24) is 4.90 Å². The number of hydrogen-bond acceptors (Lipinski definition) is 4. The zero-order valence-electron chi connectivity index (χ0n) is 15.1.